The smallest absolute Gasteiger partial charge is 0.243 e. The van der Waals surface area contributed by atoms with E-state index in [4.69, 9.17) is 5.73 Å². The molecule has 0 aliphatic carbocycles. The number of nitrogens with two attached hydrogens (primary N) is 1. The molecule has 0 aromatic heterocycles. The normalized spacial score (nSPS) is 13.6. The molecule has 1 aromatic carbocycles. The van der Waals surface area contributed by atoms with E-state index in [1.165, 1.54) is 11.8 Å². The van der Waals surface area contributed by atoms with Crippen LogP contribution in [0.5, 0.6) is 0 Å². The van der Waals surface area contributed by atoms with Crippen LogP contribution in [0.2, 0.25) is 0 Å². The topological polar surface area (TPSA) is 72.2 Å². The summed E-state index contributed by atoms with van der Waals surface area (Å²) in [5.74, 6) is -0.786. The molecule has 0 bridgehead atoms. The van der Waals surface area contributed by atoms with Crippen molar-refractivity contribution in [3.63, 3.8) is 0 Å². The number of nitrogens with one attached hydrogen (secondary N) is 1. The molecule has 0 aliphatic rings. The highest BCUT2D eigenvalue weighted by Gasteiger charge is 2.20. The second-order valence-electron chi connectivity index (χ2n) is 4.04. The Bertz CT molecular complexity index is 532. The summed E-state index contributed by atoms with van der Waals surface area (Å²) in [5.41, 5.74) is 6.38. The molecule has 1 aromatic rings. The van der Waals surface area contributed by atoms with Gasteiger partial charge in [-0.2, -0.15) is 11.8 Å². The van der Waals surface area contributed by atoms with Gasteiger partial charge in [-0.15, -0.1) is 0 Å². The molecule has 3 N–H and O–H groups in total. The van der Waals surface area contributed by atoms with Crippen LogP contribution in [0.3, 0.4) is 0 Å². The van der Waals surface area contributed by atoms with Crippen molar-refractivity contribution in [2.45, 2.75) is 24.0 Å². The first kappa shape index (κ1) is 15.3. The highest BCUT2D eigenvalue weighted by atomic mass is 32.2. The zero-order chi connectivity index (χ0) is 13.9. The van der Waals surface area contributed by atoms with E-state index >= 15 is 0 Å². The average Bonchev–Trinajstić information content (AvgIpc) is 2.30. The Morgan fingerprint density at radius 2 is 2.11 bits per heavy atom. The van der Waals surface area contributed by atoms with E-state index in [1.807, 2.05) is 13.2 Å². The Morgan fingerprint density at radius 1 is 1.50 bits per heavy atom. The minimum Gasteiger partial charge on any atom is -0.398 e. The van der Waals surface area contributed by atoms with Gasteiger partial charge >= 0.3 is 0 Å². The van der Waals surface area contributed by atoms with E-state index in [2.05, 4.69) is 4.72 Å². The summed E-state index contributed by atoms with van der Waals surface area (Å²) in [4.78, 5) is -0.404. The van der Waals surface area contributed by atoms with Crippen LogP contribution in [0.1, 0.15) is 12.5 Å². The second kappa shape index (κ2) is 5.90. The van der Waals surface area contributed by atoms with Crippen LogP contribution < -0.4 is 10.5 Å². The van der Waals surface area contributed by atoms with Gasteiger partial charge in [-0.05, 0) is 30.9 Å². The summed E-state index contributed by atoms with van der Waals surface area (Å²) in [5, 5.41) is 0.116. The van der Waals surface area contributed by atoms with E-state index in [0.29, 0.717) is 5.56 Å². The van der Waals surface area contributed by atoms with Gasteiger partial charge in [-0.1, -0.05) is 6.92 Å². The number of benzene rings is 1. The van der Waals surface area contributed by atoms with Gasteiger partial charge in [0.2, 0.25) is 10.0 Å². The lowest BCUT2D eigenvalue weighted by atomic mass is 10.2. The lowest BCUT2D eigenvalue weighted by molar-refractivity contribution is 0.557. The quantitative estimate of drug-likeness (QED) is 0.811. The first-order valence-electron chi connectivity index (χ1n) is 5.36. The van der Waals surface area contributed by atoms with E-state index in [0.717, 1.165) is 12.1 Å². The van der Waals surface area contributed by atoms with Gasteiger partial charge in [-0.25, -0.2) is 17.5 Å². The molecule has 0 spiro atoms. The highest BCUT2D eigenvalue weighted by Crippen LogP contribution is 2.21. The van der Waals surface area contributed by atoms with Gasteiger partial charge < -0.3 is 5.73 Å². The molecule has 1 atom stereocenters. The Balaban J connectivity index is 3.02. The predicted octanol–water partition coefficient (Wildman–Crippen LogP) is 1.75. The zero-order valence-corrected chi connectivity index (χ0v) is 12.2. The molecule has 0 heterocycles. The summed E-state index contributed by atoms with van der Waals surface area (Å²) in [6, 6.07) is 2.28. The first-order chi connectivity index (χ1) is 8.27. The van der Waals surface area contributed by atoms with Gasteiger partial charge in [0.05, 0.1) is 0 Å². The van der Waals surface area contributed by atoms with Crippen molar-refractivity contribution in [3.8, 4) is 0 Å². The molecule has 1 unspecified atom stereocenters. The molecule has 1 rings (SSSR count). The van der Waals surface area contributed by atoms with Gasteiger partial charge in [0.15, 0.2) is 0 Å². The number of thioether (sulfide) groups is 1. The number of anilines is 1. The molecule has 0 saturated carbocycles. The summed E-state index contributed by atoms with van der Waals surface area (Å²) in [6.07, 6.45) is 1.88. The minimum atomic E-state index is -3.85. The van der Waals surface area contributed by atoms with E-state index in [1.54, 1.807) is 6.92 Å². The maximum atomic E-state index is 13.7. The van der Waals surface area contributed by atoms with Crippen molar-refractivity contribution in [1.29, 1.82) is 0 Å². The van der Waals surface area contributed by atoms with Gasteiger partial charge in [0.25, 0.3) is 0 Å². The van der Waals surface area contributed by atoms with Crippen molar-refractivity contribution in [3.05, 3.63) is 23.5 Å². The Morgan fingerprint density at radius 3 is 2.67 bits per heavy atom. The molecular formula is C11H17FN2O2S2. The fourth-order valence-corrected chi connectivity index (χ4v) is 2.84. The van der Waals surface area contributed by atoms with Crippen LogP contribution in [-0.4, -0.2) is 26.5 Å². The number of rotatable bonds is 5. The van der Waals surface area contributed by atoms with E-state index in [9.17, 15) is 12.8 Å². The summed E-state index contributed by atoms with van der Waals surface area (Å²) in [6.45, 7) is 3.75. The molecule has 0 amide bonds. The van der Waals surface area contributed by atoms with Gasteiger partial charge in [0, 0.05) is 17.5 Å². The molecule has 0 fully saturated rings. The maximum absolute atomic E-state index is 13.7. The lowest BCUT2D eigenvalue weighted by Gasteiger charge is -2.12. The van der Waals surface area contributed by atoms with Crippen LogP contribution in [-0.2, 0) is 10.0 Å². The molecular weight excluding hydrogens is 275 g/mol. The fraction of sp³-hybridized carbons (Fsp3) is 0.455. The van der Waals surface area contributed by atoms with Crippen molar-refractivity contribution in [2.24, 2.45) is 0 Å². The first-order valence-corrected chi connectivity index (χ1v) is 8.13. The molecule has 0 aliphatic heterocycles. The molecule has 18 heavy (non-hydrogen) atoms. The second-order valence-corrected chi connectivity index (χ2v) is 7.05. The van der Waals surface area contributed by atoms with E-state index < -0.39 is 20.7 Å². The van der Waals surface area contributed by atoms with Crippen LogP contribution >= 0.6 is 11.8 Å². The number of hydrogen-bond donors (Lipinski definition) is 2. The third-order valence-corrected chi connectivity index (χ3v) is 4.98. The molecule has 0 saturated heterocycles. The monoisotopic (exact) mass is 292 g/mol. The predicted molar refractivity (Wildman–Crippen MR) is 73.7 cm³/mol. The number of hydrogen-bond acceptors (Lipinski definition) is 4. The van der Waals surface area contributed by atoms with Crippen LogP contribution in [0.15, 0.2) is 17.0 Å². The van der Waals surface area contributed by atoms with Crippen molar-refractivity contribution in [1.82, 2.24) is 4.72 Å². The van der Waals surface area contributed by atoms with Crippen LogP contribution in [0.25, 0.3) is 0 Å². The third-order valence-electron chi connectivity index (χ3n) is 2.57. The van der Waals surface area contributed by atoms with Crippen LogP contribution in [0, 0.1) is 12.7 Å². The Kier molecular flexibility index (Phi) is 5.01. The standard InChI is InChI=1S/C11H17FN2O2S2/c1-7-4-9(12)11(5-10(7)13)18(15,16)14-6-8(2)17-3/h4-5,8,14H,6,13H2,1-3H3. The van der Waals surface area contributed by atoms with Gasteiger partial charge in [-0.3, -0.25) is 0 Å². The fourth-order valence-electron chi connectivity index (χ4n) is 1.26. The zero-order valence-electron chi connectivity index (χ0n) is 10.5. The summed E-state index contributed by atoms with van der Waals surface area (Å²) < 4.78 is 39.9. The number of halogens is 1. The van der Waals surface area contributed by atoms with Gasteiger partial charge in [0.1, 0.15) is 10.7 Å². The largest absolute Gasteiger partial charge is 0.398 e. The summed E-state index contributed by atoms with van der Waals surface area (Å²) >= 11 is 1.53. The molecule has 7 heteroatoms. The summed E-state index contributed by atoms with van der Waals surface area (Å²) in [7, 11) is -3.85. The van der Waals surface area contributed by atoms with Crippen LogP contribution in [0.4, 0.5) is 10.1 Å². The average molecular weight is 292 g/mol. The SMILES string of the molecule is CSC(C)CNS(=O)(=O)c1cc(N)c(C)cc1F. The minimum absolute atomic E-state index is 0.116. The molecule has 4 nitrogen and oxygen atoms in total. The maximum Gasteiger partial charge on any atom is 0.243 e. The Hall–Kier alpha value is -0.790. The van der Waals surface area contributed by atoms with E-state index in [-0.39, 0.29) is 17.5 Å². The number of sulfonamides is 1. The van der Waals surface area contributed by atoms with Crippen molar-refractivity contribution in [2.75, 3.05) is 18.5 Å². The Labute approximate surface area is 111 Å². The van der Waals surface area contributed by atoms with Crippen molar-refractivity contribution < 1.29 is 12.8 Å². The molecule has 102 valence electrons. The highest BCUT2D eigenvalue weighted by molar-refractivity contribution is 7.99. The number of aryl methyl sites for hydroxylation is 1. The third kappa shape index (κ3) is 3.60. The lowest BCUT2D eigenvalue weighted by Crippen LogP contribution is -2.30. The molecule has 0 radical (unpaired) electrons. The number of nitrogen functional groups attached to an aromatic ring is 1. The van der Waals surface area contributed by atoms with Crippen molar-refractivity contribution >= 4 is 27.5 Å².